The predicted molar refractivity (Wildman–Crippen MR) is 87.7 cm³/mol. The van der Waals surface area contributed by atoms with Gasteiger partial charge in [0.25, 0.3) is 0 Å². The van der Waals surface area contributed by atoms with Gasteiger partial charge < -0.3 is 0 Å². The molecule has 94 valence electrons. The Morgan fingerprint density at radius 1 is 1.22 bits per heavy atom. The summed E-state index contributed by atoms with van der Waals surface area (Å²) < 4.78 is 3.12. The van der Waals surface area contributed by atoms with E-state index < -0.39 is 0 Å². The molecule has 1 heterocycles. The first-order valence-electron chi connectivity index (χ1n) is 5.72. The molecule has 0 unspecified atom stereocenters. The van der Waals surface area contributed by atoms with Crippen LogP contribution in [0.1, 0.15) is 12.8 Å². The number of fused-ring (bicyclic) bond motifs is 1. The zero-order chi connectivity index (χ0) is 13.0. The molecule has 0 N–H and O–H groups in total. The van der Waals surface area contributed by atoms with E-state index in [0.717, 1.165) is 23.9 Å². The topological polar surface area (TPSA) is 22.0 Å². The Labute approximate surface area is 126 Å². The van der Waals surface area contributed by atoms with Crippen LogP contribution in [0, 0.1) is 0 Å². The van der Waals surface area contributed by atoms with Crippen LogP contribution in [-0.2, 0) is 0 Å². The number of rotatable bonds is 1. The minimum absolute atomic E-state index is 0.112. The van der Waals surface area contributed by atoms with E-state index in [9.17, 15) is 4.79 Å². The summed E-state index contributed by atoms with van der Waals surface area (Å²) in [5, 5.41) is 0.877. The van der Waals surface area contributed by atoms with E-state index in [1.165, 1.54) is 4.26 Å². The molecule has 0 radical (unpaired) electrons. The van der Waals surface area contributed by atoms with E-state index >= 15 is 0 Å². The fourth-order valence-corrected chi connectivity index (χ4v) is 4.02. The van der Waals surface area contributed by atoms with Gasteiger partial charge in [-0.05, 0) is 4.93 Å². The van der Waals surface area contributed by atoms with E-state index in [4.69, 9.17) is 0 Å². The molecule has 0 amide bonds. The van der Waals surface area contributed by atoms with Gasteiger partial charge in [-0.1, -0.05) is 22.6 Å². The summed E-state index contributed by atoms with van der Waals surface area (Å²) in [5.41, 5.74) is 1.24. The second-order valence-electron chi connectivity index (χ2n) is 3.80. The van der Waals surface area contributed by atoms with Gasteiger partial charge in [-0.25, -0.2) is 0 Å². The number of hydrogen-bond donors (Lipinski definition) is 0. The van der Waals surface area contributed by atoms with Crippen LogP contribution in [0.5, 0.6) is 0 Å². The van der Waals surface area contributed by atoms with E-state index in [0.29, 0.717) is 0 Å². The van der Waals surface area contributed by atoms with Crippen molar-refractivity contribution in [1.82, 2.24) is 3.56 Å². The van der Waals surface area contributed by atoms with Crippen molar-refractivity contribution in [2.75, 3.05) is 4.93 Å². The van der Waals surface area contributed by atoms with Gasteiger partial charge in [-0.3, -0.25) is 0 Å². The van der Waals surface area contributed by atoms with E-state index in [1.807, 2.05) is 26.7 Å². The Morgan fingerprint density at radius 3 is 2.67 bits per heavy atom. The summed E-state index contributed by atoms with van der Waals surface area (Å²) in [6, 6.07) is 7.91. The third-order valence-electron chi connectivity index (χ3n) is 2.70. The number of alkyl halides is 1. The minimum atomic E-state index is 0.112. The molecule has 18 heavy (non-hydrogen) atoms. The normalized spacial score (nSPS) is 14.0. The SMILES string of the molecule is CI.O=c1c2ccccc2[se]n1C1=CCCC=C1. The molecule has 0 bridgehead atoms. The van der Waals surface area contributed by atoms with Crippen LogP contribution in [-0.4, -0.2) is 23.2 Å². The molecule has 0 spiro atoms. The summed E-state index contributed by atoms with van der Waals surface area (Å²) in [5.74, 6) is 0. The maximum atomic E-state index is 12.2. The Balaban J connectivity index is 0.000000574. The van der Waals surface area contributed by atoms with Crippen LogP contribution in [0.25, 0.3) is 15.3 Å². The molecule has 0 atom stereocenters. The van der Waals surface area contributed by atoms with Gasteiger partial charge in [0.2, 0.25) is 0 Å². The number of aromatic nitrogens is 1. The van der Waals surface area contributed by atoms with Crippen molar-refractivity contribution in [3.05, 3.63) is 52.8 Å². The quantitative estimate of drug-likeness (QED) is 0.396. The molecule has 4 heteroatoms. The van der Waals surface area contributed by atoms with Gasteiger partial charge in [0.05, 0.1) is 0 Å². The Morgan fingerprint density at radius 2 is 2.00 bits per heavy atom. The molecule has 0 fully saturated rings. The van der Waals surface area contributed by atoms with Crippen molar-refractivity contribution in [2.45, 2.75) is 12.8 Å². The molecule has 0 saturated carbocycles. The average Bonchev–Trinajstić information content (AvgIpc) is 2.80. The van der Waals surface area contributed by atoms with Gasteiger partial charge in [-0.2, -0.15) is 0 Å². The summed E-state index contributed by atoms with van der Waals surface area (Å²) >= 11 is 2.26. The molecule has 0 aliphatic heterocycles. The van der Waals surface area contributed by atoms with Crippen molar-refractivity contribution < 1.29 is 0 Å². The third kappa shape index (κ3) is 2.71. The third-order valence-corrected chi connectivity index (χ3v) is 5.03. The first kappa shape index (κ1) is 13.8. The molecule has 0 saturated heterocycles. The van der Waals surface area contributed by atoms with E-state index in [1.54, 1.807) is 0 Å². The van der Waals surface area contributed by atoms with E-state index in [2.05, 4.69) is 46.9 Å². The molecule has 1 aromatic heterocycles. The second kappa shape index (κ2) is 6.55. The Kier molecular flexibility index (Phi) is 5.03. The van der Waals surface area contributed by atoms with Gasteiger partial charge in [0, 0.05) is 0 Å². The molecule has 2 aromatic rings. The summed E-state index contributed by atoms with van der Waals surface area (Å²) in [7, 11) is 0. The van der Waals surface area contributed by atoms with Gasteiger partial charge in [-0.15, -0.1) is 0 Å². The van der Waals surface area contributed by atoms with Crippen molar-refractivity contribution in [2.24, 2.45) is 0 Å². The number of hydrogen-bond acceptors (Lipinski definition) is 1. The average molecular weight is 418 g/mol. The zero-order valence-corrected chi connectivity index (χ0v) is 14.0. The van der Waals surface area contributed by atoms with Crippen molar-refractivity contribution >= 4 is 52.7 Å². The monoisotopic (exact) mass is 419 g/mol. The number of allylic oxidation sites excluding steroid dienone is 4. The zero-order valence-electron chi connectivity index (χ0n) is 10.1. The van der Waals surface area contributed by atoms with Crippen LogP contribution in [0.2, 0.25) is 0 Å². The van der Waals surface area contributed by atoms with Crippen molar-refractivity contribution in [1.29, 1.82) is 0 Å². The number of halogens is 1. The first-order valence-corrected chi connectivity index (χ1v) is 9.50. The van der Waals surface area contributed by atoms with Gasteiger partial charge >= 0.3 is 99.3 Å². The summed E-state index contributed by atoms with van der Waals surface area (Å²) in [6.07, 6.45) is 8.50. The predicted octanol–water partition coefficient (Wildman–Crippen LogP) is 3.30. The maximum absolute atomic E-state index is 12.2. The van der Waals surface area contributed by atoms with Crippen molar-refractivity contribution in [3.63, 3.8) is 0 Å². The molecular weight excluding hydrogens is 404 g/mol. The fraction of sp³-hybridized carbons (Fsp3) is 0.214. The molecule has 1 aliphatic rings. The molecule has 1 aliphatic carbocycles. The first-order chi connectivity index (χ1) is 8.86. The van der Waals surface area contributed by atoms with Crippen LogP contribution >= 0.6 is 22.6 Å². The van der Waals surface area contributed by atoms with E-state index in [-0.39, 0.29) is 20.3 Å². The standard InChI is InChI=1S/C13H11NOSe.CH3I/c15-13-11-8-4-5-9-12(11)16-14(13)10-6-2-1-3-7-10;1-2/h2,4-9H,1,3H2;1H3. The summed E-state index contributed by atoms with van der Waals surface area (Å²) in [6.45, 7) is 0. The Bertz CT molecular complexity index is 651. The fourth-order valence-electron chi connectivity index (χ4n) is 1.89. The van der Waals surface area contributed by atoms with Crippen LogP contribution in [0.4, 0.5) is 0 Å². The number of nitrogens with zero attached hydrogens (tertiary/aromatic N) is 1. The van der Waals surface area contributed by atoms with Crippen LogP contribution in [0.15, 0.2) is 47.3 Å². The number of benzene rings is 1. The Hall–Kier alpha value is -0.581. The van der Waals surface area contributed by atoms with Gasteiger partial charge in [0.1, 0.15) is 0 Å². The molecular formula is C14H14INOSe. The van der Waals surface area contributed by atoms with Crippen LogP contribution in [0.3, 0.4) is 0 Å². The second-order valence-corrected chi connectivity index (χ2v) is 5.87. The molecule has 3 rings (SSSR count). The molecule has 2 nitrogen and oxygen atoms in total. The van der Waals surface area contributed by atoms with Gasteiger partial charge in [0.15, 0.2) is 0 Å². The van der Waals surface area contributed by atoms with Crippen molar-refractivity contribution in [3.8, 4) is 0 Å². The summed E-state index contributed by atoms with van der Waals surface area (Å²) in [4.78, 5) is 14.1. The van der Waals surface area contributed by atoms with Crippen LogP contribution < -0.4 is 5.56 Å². The molecule has 1 aromatic carbocycles.